The molecule has 1 aliphatic rings. The summed E-state index contributed by atoms with van der Waals surface area (Å²) in [6.07, 6.45) is 0. The van der Waals surface area contributed by atoms with Gasteiger partial charge < -0.3 is 4.90 Å². The monoisotopic (exact) mass is 302 g/mol. The Bertz CT molecular complexity index is 537. The van der Waals surface area contributed by atoms with Gasteiger partial charge in [0.15, 0.2) is 0 Å². The number of rotatable bonds is 3. The van der Waals surface area contributed by atoms with Crippen LogP contribution in [0.4, 0.5) is 5.69 Å². The second-order valence-corrected chi connectivity index (χ2v) is 7.83. The van der Waals surface area contributed by atoms with Crippen LogP contribution >= 0.6 is 11.6 Å². The molecule has 0 aromatic heterocycles. The van der Waals surface area contributed by atoms with E-state index in [1.165, 1.54) is 0 Å². The number of nitrogens with zero attached hydrogens (tertiary/aromatic N) is 2. The fourth-order valence-electron chi connectivity index (χ4n) is 2.19. The lowest BCUT2D eigenvalue weighted by molar-refractivity contribution is 0.381. The van der Waals surface area contributed by atoms with Gasteiger partial charge in [-0.25, -0.2) is 8.42 Å². The van der Waals surface area contributed by atoms with Crippen molar-refractivity contribution in [3.63, 3.8) is 0 Å². The Labute approximate surface area is 120 Å². The molecule has 0 N–H and O–H groups in total. The van der Waals surface area contributed by atoms with Crippen molar-refractivity contribution in [3.05, 3.63) is 29.3 Å². The minimum atomic E-state index is -3.14. The Hall–Kier alpha value is -0.780. The summed E-state index contributed by atoms with van der Waals surface area (Å²) in [4.78, 5) is 2.13. The van der Waals surface area contributed by atoms with E-state index in [0.717, 1.165) is 5.69 Å². The standard InChI is InChI=1S/C13H19ClN2O2S/c1-11(2)19(17,18)16-9-7-15(8-10-16)13-6-4-3-5-12(13)14/h3-6,11H,7-10H2,1-2H3. The van der Waals surface area contributed by atoms with Crippen LogP contribution in [0.2, 0.25) is 5.02 Å². The molecule has 4 nitrogen and oxygen atoms in total. The third-order valence-corrected chi connectivity index (χ3v) is 5.98. The van der Waals surface area contributed by atoms with Gasteiger partial charge in [-0.15, -0.1) is 0 Å². The Balaban J connectivity index is 2.06. The van der Waals surface area contributed by atoms with Crippen molar-refractivity contribution < 1.29 is 8.42 Å². The van der Waals surface area contributed by atoms with Crippen LogP contribution in [-0.4, -0.2) is 44.2 Å². The molecule has 0 unspecified atom stereocenters. The summed E-state index contributed by atoms with van der Waals surface area (Å²) in [5.41, 5.74) is 0.978. The minimum absolute atomic E-state index is 0.362. The zero-order valence-corrected chi connectivity index (χ0v) is 12.8. The van der Waals surface area contributed by atoms with Crippen LogP contribution in [0.3, 0.4) is 0 Å². The quantitative estimate of drug-likeness (QED) is 0.859. The maximum atomic E-state index is 12.1. The van der Waals surface area contributed by atoms with Crippen LogP contribution in [0.5, 0.6) is 0 Å². The number of hydrogen-bond donors (Lipinski definition) is 0. The third kappa shape index (κ3) is 3.04. The third-order valence-electron chi connectivity index (χ3n) is 3.39. The summed E-state index contributed by atoms with van der Waals surface area (Å²) in [6.45, 7) is 5.83. The summed E-state index contributed by atoms with van der Waals surface area (Å²) in [5, 5.41) is 0.349. The van der Waals surface area contributed by atoms with Gasteiger partial charge in [0.2, 0.25) is 10.0 Å². The number of benzene rings is 1. The second kappa shape index (κ2) is 5.69. The summed E-state index contributed by atoms with van der Waals surface area (Å²) in [7, 11) is -3.14. The fraction of sp³-hybridized carbons (Fsp3) is 0.538. The van der Waals surface area contributed by atoms with Crippen LogP contribution in [0, 0.1) is 0 Å². The van der Waals surface area contributed by atoms with Gasteiger partial charge in [0.05, 0.1) is 16.0 Å². The van der Waals surface area contributed by atoms with Crippen molar-refractivity contribution in [2.45, 2.75) is 19.1 Å². The fourth-order valence-corrected chi connectivity index (χ4v) is 3.71. The smallest absolute Gasteiger partial charge is 0.216 e. The summed E-state index contributed by atoms with van der Waals surface area (Å²) in [5.74, 6) is 0. The topological polar surface area (TPSA) is 40.6 Å². The van der Waals surface area contributed by atoms with E-state index < -0.39 is 10.0 Å². The second-order valence-electron chi connectivity index (χ2n) is 4.93. The Morgan fingerprint density at radius 2 is 1.68 bits per heavy atom. The first-order valence-corrected chi connectivity index (χ1v) is 8.29. The lowest BCUT2D eigenvalue weighted by Crippen LogP contribution is -2.50. The van der Waals surface area contributed by atoms with Gasteiger partial charge >= 0.3 is 0 Å². The molecule has 1 aliphatic heterocycles. The number of hydrogen-bond acceptors (Lipinski definition) is 3. The van der Waals surface area contributed by atoms with Crippen LogP contribution in [0.1, 0.15) is 13.8 Å². The Kier molecular flexibility index (Phi) is 4.38. The van der Waals surface area contributed by atoms with E-state index in [4.69, 9.17) is 11.6 Å². The van der Waals surface area contributed by atoms with E-state index in [9.17, 15) is 8.42 Å². The summed E-state index contributed by atoms with van der Waals surface area (Å²) in [6, 6.07) is 7.66. The van der Waals surface area contributed by atoms with Crippen molar-refractivity contribution in [1.82, 2.24) is 4.31 Å². The highest BCUT2D eigenvalue weighted by Gasteiger charge is 2.29. The number of piperazine rings is 1. The van der Waals surface area contributed by atoms with Crippen molar-refractivity contribution in [1.29, 1.82) is 0 Å². The van der Waals surface area contributed by atoms with Gasteiger partial charge in [0.25, 0.3) is 0 Å². The molecule has 0 spiro atoms. The van der Waals surface area contributed by atoms with E-state index >= 15 is 0 Å². The summed E-state index contributed by atoms with van der Waals surface area (Å²) >= 11 is 6.16. The molecular weight excluding hydrogens is 284 g/mol. The molecule has 0 radical (unpaired) electrons. The van der Waals surface area contributed by atoms with Crippen molar-refractivity contribution in [2.75, 3.05) is 31.1 Å². The average Bonchev–Trinajstić information content (AvgIpc) is 2.39. The van der Waals surface area contributed by atoms with E-state index in [0.29, 0.717) is 31.2 Å². The highest BCUT2D eigenvalue weighted by atomic mass is 35.5. The zero-order chi connectivity index (χ0) is 14.0. The largest absolute Gasteiger partial charge is 0.368 e. The zero-order valence-electron chi connectivity index (χ0n) is 11.2. The molecule has 106 valence electrons. The maximum Gasteiger partial charge on any atom is 0.216 e. The molecule has 1 saturated heterocycles. The lowest BCUT2D eigenvalue weighted by Gasteiger charge is -2.36. The van der Waals surface area contributed by atoms with Gasteiger partial charge in [-0.2, -0.15) is 4.31 Å². The van der Waals surface area contributed by atoms with E-state index in [-0.39, 0.29) is 5.25 Å². The van der Waals surface area contributed by atoms with Crippen molar-refractivity contribution in [2.24, 2.45) is 0 Å². The van der Waals surface area contributed by atoms with Crippen LogP contribution in [-0.2, 0) is 10.0 Å². The predicted octanol–water partition coefficient (Wildman–Crippen LogP) is 2.20. The molecule has 0 amide bonds. The van der Waals surface area contributed by atoms with Gasteiger partial charge in [-0.05, 0) is 26.0 Å². The SMILES string of the molecule is CC(C)S(=O)(=O)N1CCN(c2ccccc2Cl)CC1. The molecule has 1 heterocycles. The number of halogens is 1. The van der Waals surface area contributed by atoms with Gasteiger partial charge in [-0.1, -0.05) is 23.7 Å². The molecule has 0 bridgehead atoms. The lowest BCUT2D eigenvalue weighted by atomic mass is 10.2. The minimum Gasteiger partial charge on any atom is -0.368 e. The Morgan fingerprint density at radius 1 is 1.11 bits per heavy atom. The number of anilines is 1. The van der Waals surface area contributed by atoms with Crippen LogP contribution < -0.4 is 4.90 Å². The van der Waals surface area contributed by atoms with Crippen molar-refractivity contribution >= 4 is 27.3 Å². The molecule has 0 saturated carbocycles. The van der Waals surface area contributed by atoms with Gasteiger partial charge in [0, 0.05) is 26.2 Å². The van der Waals surface area contributed by atoms with Crippen molar-refractivity contribution in [3.8, 4) is 0 Å². The first-order chi connectivity index (χ1) is 8.93. The Morgan fingerprint density at radius 3 is 2.21 bits per heavy atom. The summed E-state index contributed by atoms with van der Waals surface area (Å²) < 4.78 is 25.7. The van der Waals surface area contributed by atoms with E-state index in [1.807, 2.05) is 24.3 Å². The predicted molar refractivity (Wildman–Crippen MR) is 79.3 cm³/mol. The number of para-hydroxylation sites is 1. The highest BCUT2D eigenvalue weighted by Crippen LogP contribution is 2.26. The van der Waals surface area contributed by atoms with E-state index in [1.54, 1.807) is 18.2 Å². The molecule has 2 rings (SSSR count). The molecule has 1 aromatic carbocycles. The molecule has 19 heavy (non-hydrogen) atoms. The molecule has 1 aromatic rings. The van der Waals surface area contributed by atoms with Gasteiger partial charge in [0.1, 0.15) is 0 Å². The highest BCUT2D eigenvalue weighted by molar-refractivity contribution is 7.89. The molecule has 6 heteroatoms. The number of sulfonamides is 1. The van der Waals surface area contributed by atoms with E-state index in [2.05, 4.69) is 4.90 Å². The normalized spacial score (nSPS) is 18.0. The molecular formula is C13H19ClN2O2S. The molecule has 0 aliphatic carbocycles. The van der Waals surface area contributed by atoms with Crippen LogP contribution in [0.15, 0.2) is 24.3 Å². The first-order valence-electron chi connectivity index (χ1n) is 6.41. The molecule has 0 atom stereocenters. The van der Waals surface area contributed by atoms with Crippen LogP contribution in [0.25, 0.3) is 0 Å². The maximum absolute atomic E-state index is 12.1. The molecule has 1 fully saturated rings. The van der Waals surface area contributed by atoms with Gasteiger partial charge in [-0.3, -0.25) is 0 Å². The average molecular weight is 303 g/mol. The first kappa shape index (κ1) is 14.6.